The molecule has 15 aromatic rings. The van der Waals surface area contributed by atoms with Gasteiger partial charge in [-0.1, -0.05) is 144 Å². The lowest BCUT2D eigenvalue weighted by Crippen LogP contribution is -2.30. The fraction of sp³-hybridized carbons (Fsp3) is 0.116. The molecule has 0 spiro atoms. The van der Waals surface area contributed by atoms with Gasteiger partial charge >= 0.3 is 19.6 Å². The largest absolute Gasteiger partial charge is 0.569 e. The van der Waals surface area contributed by atoms with E-state index < -0.39 is 23.1 Å². The molecule has 5 N–H and O–H groups in total. The molecule has 32 heteroatoms. The van der Waals surface area contributed by atoms with Gasteiger partial charge in [0.2, 0.25) is 0 Å². The Morgan fingerprint density at radius 1 is 0.458 bits per heavy atom. The zero-order valence-electron chi connectivity index (χ0n) is 63.8. The Morgan fingerprint density at radius 2 is 0.797 bits per heavy atom. The van der Waals surface area contributed by atoms with Crippen molar-refractivity contribution in [2.75, 3.05) is 25.6 Å². The highest BCUT2D eigenvalue weighted by Gasteiger charge is 2.31. The van der Waals surface area contributed by atoms with E-state index in [9.17, 15) is 29.4 Å². The average Bonchev–Trinajstić information content (AvgIpc) is 1.59. The van der Waals surface area contributed by atoms with E-state index in [1.165, 1.54) is 71.0 Å². The van der Waals surface area contributed by atoms with Gasteiger partial charge in [-0.3, -0.25) is 14.4 Å². The minimum Gasteiger partial charge on any atom is -0.537 e. The van der Waals surface area contributed by atoms with Crippen LogP contribution in [-0.2, 0) is 29.0 Å². The second-order valence-electron chi connectivity index (χ2n) is 25.2. The monoisotopic (exact) mass is 1700 g/mol. The van der Waals surface area contributed by atoms with Crippen LogP contribution >= 0.6 is 50.2 Å². The third-order valence-electron chi connectivity index (χ3n) is 17.3. The summed E-state index contributed by atoms with van der Waals surface area (Å²) in [5, 5.41) is 49.6. The fourth-order valence-corrected chi connectivity index (χ4v) is 13.1. The highest BCUT2D eigenvalue weighted by molar-refractivity contribution is 9.10. The number of nitrogens with zero attached hydrogens (tertiary/aromatic N) is 16. The van der Waals surface area contributed by atoms with Gasteiger partial charge in [-0.15, -0.1) is 11.3 Å². The Balaban J connectivity index is 0.000000150. The van der Waals surface area contributed by atoms with Crippen LogP contribution in [0.2, 0.25) is 4.47 Å². The number of carboxylic acid groups (broad SMARTS) is 2. The Kier molecular flexibility index (Phi) is 32.0. The fourth-order valence-electron chi connectivity index (χ4n) is 10.8. The number of halogens is 2. The van der Waals surface area contributed by atoms with Crippen LogP contribution in [0.4, 0.5) is 5.13 Å². The van der Waals surface area contributed by atoms with Crippen LogP contribution in [0.5, 0.6) is 5.75 Å². The molecule has 27 nitrogen and oxygen atoms in total. The quantitative estimate of drug-likeness (QED) is 0.0245. The van der Waals surface area contributed by atoms with Crippen molar-refractivity contribution in [3.8, 4) is 62.7 Å². The second kappa shape index (κ2) is 43.4. The molecule has 9 heterocycles. The highest BCUT2D eigenvalue weighted by Crippen LogP contribution is 2.39. The van der Waals surface area contributed by atoms with Crippen molar-refractivity contribution in [2.45, 2.75) is 44.9 Å². The molecule has 593 valence electrons. The number of carbonyl (C=O) groups excluding carboxylic acids is 2. The number of hydroxylamine groups is 2. The molecule has 2 unspecified atom stereocenters. The van der Waals surface area contributed by atoms with Crippen molar-refractivity contribution in [3.63, 3.8) is 0 Å². The van der Waals surface area contributed by atoms with Gasteiger partial charge in [0.1, 0.15) is 17.0 Å². The zero-order valence-corrected chi connectivity index (χ0v) is 67.8. The first-order chi connectivity index (χ1) is 57.1. The maximum absolute atomic E-state index is 11.8. The minimum absolute atomic E-state index is 0.0653. The summed E-state index contributed by atoms with van der Waals surface area (Å²) in [7, 11) is 3.55. The molecule has 0 bridgehead atoms. The predicted molar refractivity (Wildman–Crippen MR) is 453 cm³/mol. The normalized spacial score (nSPS) is 11.9. The van der Waals surface area contributed by atoms with Gasteiger partial charge in [0.05, 0.1) is 28.0 Å². The van der Waals surface area contributed by atoms with Crippen LogP contribution in [0.1, 0.15) is 94.2 Å². The lowest BCUT2D eigenvalue weighted by molar-refractivity contribution is -0.0756. The number of hydrogen-bond donors (Lipinski definition) is 5. The number of anilines is 1. The van der Waals surface area contributed by atoms with Crippen LogP contribution in [0, 0.1) is 0 Å². The summed E-state index contributed by atoms with van der Waals surface area (Å²) in [6, 6.07) is 60.9. The Bertz CT molecular complexity index is 5560. The van der Waals surface area contributed by atoms with Crippen LogP contribution in [0.15, 0.2) is 298 Å². The van der Waals surface area contributed by atoms with Crippen LogP contribution < -0.4 is 9.55 Å². The van der Waals surface area contributed by atoms with Crippen molar-refractivity contribution in [1.29, 1.82) is 0 Å². The van der Waals surface area contributed by atoms with Gasteiger partial charge in [-0.2, -0.15) is 0 Å². The lowest BCUT2D eigenvalue weighted by atomic mass is 9.94. The third kappa shape index (κ3) is 25.1. The van der Waals surface area contributed by atoms with E-state index in [2.05, 4.69) is 120 Å². The number of amides is 1. The van der Waals surface area contributed by atoms with E-state index in [0.717, 1.165) is 68.5 Å². The molecule has 2 atom stereocenters. The minimum atomic E-state index is -1.12. The van der Waals surface area contributed by atoms with E-state index in [1.54, 1.807) is 192 Å². The molecule has 0 saturated carbocycles. The Morgan fingerprint density at radius 3 is 1.14 bits per heavy atom. The number of ketones is 1. The molecular formula is C86H74BBrClN16O11S2. The van der Waals surface area contributed by atoms with Gasteiger partial charge < -0.3 is 35.0 Å². The molecule has 8 aromatic heterocycles. The third-order valence-corrected chi connectivity index (χ3v) is 20.3. The molecule has 1 amide bonds. The van der Waals surface area contributed by atoms with Crippen molar-refractivity contribution >= 4 is 86.7 Å². The number of rotatable bonds is 17. The van der Waals surface area contributed by atoms with E-state index in [0.29, 0.717) is 67.8 Å². The number of aromatic nitrogens is 14. The van der Waals surface area contributed by atoms with E-state index >= 15 is 0 Å². The van der Waals surface area contributed by atoms with Gasteiger partial charge in [0, 0.05) is 146 Å². The summed E-state index contributed by atoms with van der Waals surface area (Å²) in [6.45, 7) is 6.90. The highest BCUT2D eigenvalue weighted by atomic mass is 79.9. The van der Waals surface area contributed by atoms with Crippen molar-refractivity contribution in [2.24, 2.45) is 0 Å². The molecule has 1 radical (unpaired) electrons. The summed E-state index contributed by atoms with van der Waals surface area (Å²) in [4.78, 5) is 110. The number of thiazole rings is 2. The van der Waals surface area contributed by atoms with Crippen LogP contribution in [0.3, 0.4) is 0 Å². The first kappa shape index (κ1) is 87.0. The van der Waals surface area contributed by atoms with E-state index in [1.807, 2.05) is 79.7 Å². The zero-order chi connectivity index (χ0) is 83.8. The first-order valence-electron chi connectivity index (χ1n) is 35.8. The van der Waals surface area contributed by atoms with E-state index in [-0.39, 0.29) is 22.8 Å². The maximum Gasteiger partial charge on any atom is 0.569 e. The molecule has 0 saturated heterocycles. The standard InChI is InChI=1S/C24H22N4OS.C15H12ClN3OS.C13H13N3O2.C12H10N2O.C11H8N2O2.C7H6BO4.C4H3BrN2/c1-24(29,20-9-7-18(8-10-20)22-25-12-4-13-26-22)21-15-27-23(30-21)28-14-11-17-5-2-3-6-19(17)16-28;1-15(20,12-9-19-14(16)21-12)11-5-3-10(4-6-11)13-17-7-2-8-18-13;1-16(18-2)13(17)11-6-4-10(5-7-11)12-14-8-3-9-15-12;1-9(15)10-3-5-11(6-4-10)12-13-7-2-8-14-12;14-11(15)9-4-2-8(3-5-9)10-12-6-1-7-13-10;9-7(10)5-1-3-6(4-2-5)12-8-11;5-4-6-2-1-3-7-4/h2-10,12-13,15,29H,11,14,16H2,1H3;2-9,20H,1H3;3-9H,1-2H3;2-8H,1H3;1-7H,(H,14,15);1-4,11H,(H,9,10);1-3H. The second-order valence-corrected chi connectivity index (χ2v) is 28.6. The molecule has 118 heavy (non-hydrogen) atoms. The van der Waals surface area contributed by atoms with Gasteiger partial charge in [-0.05, 0) is 150 Å². The van der Waals surface area contributed by atoms with Crippen molar-refractivity contribution in [3.05, 3.63) is 356 Å². The molecule has 16 rings (SSSR count). The first-order valence-corrected chi connectivity index (χ1v) is 38.6. The maximum atomic E-state index is 11.8. The van der Waals surface area contributed by atoms with Gasteiger partial charge in [0.15, 0.2) is 49.2 Å². The Labute approximate surface area is 700 Å². The number of benzene rings is 7. The van der Waals surface area contributed by atoms with E-state index in [4.69, 9.17) is 31.7 Å². The summed E-state index contributed by atoms with van der Waals surface area (Å²) >= 11 is 11.8. The van der Waals surface area contributed by atoms with Gasteiger partial charge in [0.25, 0.3) is 5.91 Å². The number of fused-ring (bicyclic) bond motifs is 1. The molecule has 0 fully saturated rings. The van der Waals surface area contributed by atoms with Crippen LogP contribution in [-0.4, -0.2) is 152 Å². The number of carbonyl (C=O) groups is 4. The van der Waals surface area contributed by atoms with Crippen LogP contribution in [0.25, 0.3) is 56.9 Å². The number of aliphatic hydroxyl groups is 2. The summed E-state index contributed by atoms with van der Waals surface area (Å²) < 4.78 is 5.63. The summed E-state index contributed by atoms with van der Waals surface area (Å²) in [5.41, 5.74) is 8.23. The summed E-state index contributed by atoms with van der Waals surface area (Å²) in [6.07, 6.45) is 24.7. The molecule has 1 aliphatic rings. The number of carboxylic acids is 2. The lowest BCUT2D eigenvalue weighted by Gasteiger charge is -2.28. The average molecular weight is 1700 g/mol. The number of Topliss-reactive ketones (excluding diaryl/α,β-unsaturated/α-hetero) is 1. The molecular weight excluding hydrogens is 1620 g/mol. The number of hydrogen-bond acceptors (Lipinski definition) is 26. The topological polar surface area (TPSA) is 375 Å². The summed E-state index contributed by atoms with van der Waals surface area (Å²) in [5.74, 6) is 1.57. The SMILES string of the molecule is Brc1ncccn1.CC(=O)c1ccc(-c2ncccn2)cc1.CC(O)(c1ccc(-c2ncccn2)cc1)c1cnc(Cl)s1.CC(O)(c1ccc(-c2ncccn2)cc1)c1cnc(N2CCc3ccccc3C2)s1.CON(C)C(=O)c1ccc(-c2ncccn2)cc1.O=C(O)c1ccc(-c2ncccn2)cc1.O=C(O)c1ccc(O[B]O)cc1. The smallest absolute Gasteiger partial charge is 0.537 e. The van der Waals surface area contributed by atoms with Crippen molar-refractivity contribution in [1.82, 2.24) is 74.8 Å². The van der Waals surface area contributed by atoms with Crippen molar-refractivity contribution < 1.29 is 54.1 Å². The molecule has 1 aliphatic heterocycles. The van der Waals surface area contributed by atoms with Gasteiger partial charge in [-0.25, -0.2) is 84.4 Å². The predicted octanol–water partition coefficient (Wildman–Crippen LogP) is 15.4. The Hall–Kier alpha value is -13.4. The number of aromatic carboxylic acids is 2. The molecule has 0 aliphatic carbocycles. The molecule has 7 aromatic carbocycles.